The zero-order valence-corrected chi connectivity index (χ0v) is 19.0. The highest BCUT2D eigenvalue weighted by molar-refractivity contribution is 7.14. The highest BCUT2D eigenvalue weighted by Gasteiger charge is 2.25. The highest BCUT2D eigenvalue weighted by Crippen LogP contribution is 2.21. The van der Waals surface area contributed by atoms with Crippen LogP contribution in [0.5, 0.6) is 5.75 Å². The molecule has 4 rings (SSSR count). The number of thiazole rings is 1. The van der Waals surface area contributed by atoms with Gasteiger partial charge in [0, 0.05) is 31.6 Å². The van der Waals surface area contributed by atoms with Crippen molar-refractivity contribution in [1.82, 2.24) is 14.8 Å². The molecule has 0 atom stereocenters. The first-order valence-electron chi connectivity index (χ1n) is 10.5. The summed E-state index contributed by atoms with van der Waals surface area (Å²) < 4.78 is 10.4. The number of benzene rings is 1. The molecule has 9 nitrogen and oxygen atoms in total. The van der Waals surface area contributed by atoms with Gasteiger partial charge in [0.05, 0.1) is 31.1 Å². The van der Waals surface area contributed by atoms with Crippen LogP contribution in [0.2, 0.25) is 0 Å². The van der Waals surface area contributed by atoms with E-state index in [0.29, 0.717) is 54.7 Å². The lowest BCUT2D eigenvalue weighted by Gasteiger charge is -2.22. The summed E-state index contributed by atoms with van der Waals surface area (Å²) in [6.07, 6.45) is 2.24. The monoisotopic (exact) mass is 468 g/mol. The summed E-state index contributed by atoms with van der Waals surface area (Å²) in [5.74, 6) is 0.186. The largest absolute Gasteiger partial charge is 0.496 e. The molecular formula is C23H24N4O5S. The summed E-state index contributed by atoms with van der Waals surface area (Å²) in [5, 5.41) is 4.83. The minimum atomic E-state index is -0.389. The van der Waals surface area contributed by atoms with E-state index in [4.69, 9.17) is 9.15 Å². The van der Waals surface area contributed by atoms with Crippen LogP contribution in [0.25, 0.3) is 0 Å². The number of para-hydroxylation sites is 1. The van der Waals surface area contributed by atoms with Crippen molar-refractivity contribution >= 4 is 34.2 Å². The standard InChI is InChI=1S/C23H24N4O5S/c1-31-18-7-3-2-6-17(18)22(30)27-10-5-9-26(11-12-27)20(28)14-16-15-33-23(24-16)25-21(29)19-8-4-13-32-19/h2-4,6-8,13,15H,5,9-12,14H2,1H3,(H,24,25,29). The minimum Gasteiger partial charge on any atom is -0.496 e. The Morgan fingerprint density at radius 1 is 1.09 bits per heavy atom. The molecule has 1 aliphatic heterocycles. The summed E-state index contributed by atoms with van der Waals surface area (Å²) >= 11 is 1.25. The number of amides is 3. The van der Waals surface area contributed by atoms with Gasteiger partial charge in [-0.3, -0.25) is 19.7 Å². The number of nitrogens with one attached hydrogen (secondary N) is 1. The van der Waals surface area contributed by atoms with Crippen LogP contribution in [0.15, 0.2) is 52.5 Å². The fraction of sp³-hybridized carbons (Fsp3) is 0.304. The number of carbonyl (C=O) groups is 3. The van der Waals surface area contributed by atoms with Gasteiger partial charge in [-0.05, 0) is 30.7 Å². The number of ether oxygens (including phenoxy) is 1. The lowest BCUT2D eigenvalue weighted by atomic mass is 10.1. The van der Waals surface area contributed by atoms with E-state index in [0.717, 1.165) is 0 Å². The van der Waals surface area contributed by atoms with Crippen molar-refractivity contribution in [3.8, 4) is 5.75 Å². The van der Waals surface area contributed by atoms with E-state index in [2.05, 4.69) is 10.3 Å². The maximum Gasteiger partial charge on any atom is 0.293 e. The van der Waals surface area contributed by atoms with Crippen LogP contribution >= 0.6 is 11.3 Å². The van der Waals surface area contributed by atoms with Gasteiger partial charge < -0.3 is 19.0 Å². The molecule has 1 aliphatic rings. The van der Waals surface area contributed by atoms with Crippen molar-refractivity contribution in [2.45, 2.75) is 12.8 Å². The Morgan fingerprint density at radius 2 is 1.88 bits per heavy atom. The van der Waals surface area contributed by atoms with Crippen molar-refractivity contribution in [3.05, 3.63) is 65.1 Å². The third-order valence-corrected chi connectivity index (χ3v) is 6.13. The predicted octanol–water partition coefficient (Wildman–Crippen LogP) is 2.91. The number of methoxy groups -OCH3 is 1. The SMILES string of the molecule is COc1ccccc1C(=O)N1CCCN(C(=O)Cc2csc(NC(=O)c3ccco3)n2)CC1. The molecular weight excluding hydrogens is 444 g/mol. The second-order valence-corrected chi connectivity index (χ2v) is 8.34. The summed E-state index contributed by atoms with van der Waals surface area (Å²) in [4.78, 5) is 45.7. The lowest BCUT2D eigenvalue weighted by molar-refractivity contribution is -0.130. The third-order valence-electron chi connectivity index (χ3n) is 5.32. The zero-order valence-electron chi connectivity index (χ0n) is 18.2. The fourth-order valence-corrected chi connectivity index (χ4v) is 4.35. The number of aromatic nitrogens is 1. The molecule has 0 bridgehead atoms. The molecule has 0 aliphatic carbocycles. The molecule has 172 valence electrons. The molecule has 3 heterocycles. The molecule has 0 radical (unpaired) electrons. The van der Waals surface area contributed by atoms with E-state index in [1.54, 1.807) is 46.6 Å². The number of furan rings is 1. The second-order valence-electron chi connectivity index (χ2n) is 7.48. The summed E-state index contributed by atoms with van der Waals surface area (Å²) in [7, 11) is 1.54. The van der Waals surface area contributed by atoms with Crippen LogP contribution in [0.3, 0.4) is 0 Å². The van der Waals surface area contributed by atoms with Crippen molar-refractivity contribution in [2.24, 2.45) is 0 Å². The second kappa shape index (κ2) is 10.3. The van der Waals surface area contributed by atoms with Gasteiger partial charge in [-0.2, -0.15) is 0 Å². The molecule has 1 fully saturated rings. The topological polar surface area (TPSA) is 105 Å². The van der Waals surface area contributed by atoms with E-state index in [-0.39, 0.29) is 29.9 Å². The van der Waals surface area contributed by atoms with Crippen LogP contribution in [0, 0.1) is 0 Å². The Balaban J connectivity index is 1.32. The van der Waals surface area contributed by atoms with Gasteiger partial charge in [0.1, 0.15) is 5.75 Å². The van der Waals surface area contributed by atoms with Gasteiger partial charge in [-0.15, -0.1) is 11.3 Å². The zero-order chi connectivity index (χ0) is 23.2. The summed E-state index contributed by atoms with van der Waals surface area (Å²) in [6.45, 7) is 2.04. The average molecular weight is 469 g/mol. The lowest BCUT2D eigenvalue weighted by Crippen LogP contribution is -2.38. The van der Waals surface area contributed by atoms with Crippen LogP contribution in [-0.2, 0) is 11.2 Å². The van der Waals surface area contributed by atoms with Crippen LogP contribution in [0.1, 0.15) is 33.0 Å². The van der Waals surface area contributed by atoms with Crippen LogP contribution < -0.4 is 10.1 Å². The third kappa shape index (κ3) is 5.40. The molecule has 1 N–H and O–H groups in total. The molecule has 1 saturated heterocycles. The number of anilines is 1. The number of nitrogens with zero attached hydrogens (tertiary/aromatic N) is 3. The Hall–Kier alpha value is -3.66. The fourth-order valence-electron chi connectivity index (χ4n) is 3.64. The van der Waals surface area contributed by atoms with E-state index in [9.17, 15) is 14.4 Å². The first-order chi connectivity index (χ1) is 16.0. The smallest absolute Gasteiger partial charge is 0.293 e. The molecule has 0 spiro atoms. The summed E-state index contributed by atoms with van der Waals surface area (Å²) in [5.41, 5.74) is 1.11. The van der Waals surface area contributed by atoms with Crippen LogP contribution in [0.4, 0.5) is 5.13 Å². The molecule has 33 heavy (non-hydrogen) atoms. The van der Waals surface area contributed by atoms with E-state index < -0.39 is 0 Å². The van der Waals surface area contributed by atoms with Gasteiger partial charge in [-0.25, -0.2) is 4.98 Å². The Morgan fingerprint density at radius 3 is 2.67 bits per heavy atom. The van der Waals surface area contributed by atoms with E-state index >= 15 is 0 Å². The van der Waals surface area contributed by atoms with Gasteiger partial charge in [-0.1, -0.05) is 12.1 Å². The van der Waals surface area contributed by atoms with Crippen molar-refractivity contribution in [2.75, 3.05) is 38.6 Å². The highest BCUT2D eigenvalue weighted by atomic mass is 32.1. The van der Waals surface area contributed by atoms with Crippen LogP contribution in [-0.4, -0.2) is 65.8 Å². The molecule has 0 unspecified atom stereocenters. The first-order valence-corrected chi connectivity index (χ1v) is 11.4. The maximum absolute atomic E-state index is 13.0. The number of hydrogen-bond acceptors (Lipinski definition) is 7. The van der Waals surface area contributed by atoms with Gasteiger partial charge >= 0.3 is 0 Å². The van der Waals surface area contributed by atoms with E-state index in [1.165, 1.54) is 17.6 Å². The van der Waals surface area contributed by atoms with Gasteiger partial charge in [0.2, 0.25) is 5.91 Å². The van der Waals surface area contributed by atoms with Crippen molar-refractivity contribution in [3.63, 3.8) is 0 Å². The molecule has 1 aromatic carbocycles. The predicted molar refractivity (Wildman–Crippen MR) is 123 cm³/mol. The molecule has 3 aromatic rings. The molecule has 2 aromatic heterocycles. The molecule has 0 saturated carbocycles. The molecule has 10 heteroatoms. The normalized spacial score (nSPS) is 14.0. The minimum absolute atomic E-state index is 0.0594. The Labute approximate surface area is 195 Å². The van der Waals surface area contributed by atoms with Crippen molar-refractivity contribution in [1.29, 1.82) is 0 Å². The van der Waals surface area contributed by atoms with Gasteiger partial charge in [0.25, 0.3) is 11.8 Å². The van der Waals surface area contributed by atoms with E-state index in [1.807, 2.05) is 12.1 Å². The average Bonchev–Trinajstić information content (AvgIpc) is 3.45. The summed E-state index contributed by atoms with van der Waals surface area (Å²) in [6, 6.07) is 10.3. The Kier molecular flexibility index (Phi) is 7.04. The number of hydrogen-bond donors (Lipinski definition) is 1. The number of rotatable bonds is 6. The maximum atomic E-state index is 13.0. The van der Waals surface area contributed by atoms with Crippen molar-refractivity contribution < 1.29 is 23.5 Å². The molecule has 3 amide bonds. The van der Waals surface area contributed by atoms with Gasteiger partial charge in [0.15, 0.2) is 10.9 Å². The Bertz CT molecular complexity index is 1130. The number of carbonyl (C=O) groups excluding carboxylic acids is 3. The first kappa shape index (κ1) is 22.5. The quantitative estimate of drug-likeness (QED) is 0.596.